The van der Waals surface area contributed by atoms with Crippen LogP contribution >= 0.6 is 23.2 Å². The van der Waals surface area contributed by atoms with Gasteiger partial charge in [-0.2, -0.15) is 5.10 Å². The molecule has 3 aromatic carbocycles. The zero-order valence-corrected chi connectivity index (χ0v) is 20.0. The van der Waals surface area contributed by atoms with Crippen LogP contribution in [-0.2, 0) is 16.6 Å². The van der Waals surface area contributed by atoms with E-state index in [2.05, 4.69) is 10.5 Å². The molecule has 34 heavy (non-hydrogen) atoms. The van der Waals surface area contributed by atoms with Gasteiger partial charge in [0.15, 0.2) is 0 Å². The quantitative estimate of drug-likeness (QED) is 0.263. The SMILES string of the molecule is CS(=O)(=O)N(Cc1ccccc1Cl)c1ccc(C(=O)N/N=C\c2cc([N+](=O)[O-])ccc2Cl)cc1. The molecule has 3 aromatic rings. The lowest BCUT2D eigenvalue weighted by Crippen LogP contribution is -2.29. The monoisotopic (exact) mass is 520 g/mol. The highest BCUT2D eigenvalue weighted by Crippen LogP contribution is 2.25. The van der Waals surface area contributed by atoms with Crippen molar-refractivity contribution in [3.05, 3.63) is 104 Å². The van der Waals surface area contributed by atoms with E-state index < -0.39 is 20.9 Å². The van der Waals surface area contributed by atoms with Crippen molar-refractivity contribution in [3.63, 3.8) is 0 Å². The third-order valence-corrected chi connectivity index (χ3v) is 6.50. The number of nitro groups is 1. The Morgan fingerprint density at radius 2 is 1.76 bits per heavy atom. The van der Waals surface area contributed by atoms with Gasteiger partial charge in [-0.1, -0.05) is 41.4 Å². The van der Waals surface area contributed by atoms with E-state index in [0.717, 1.165) is 6.26 Å². The summed E-state index contributed by atoms with van der Waals surface area (Å²) in [5.74, 6) is -0.568. The van der Waals surface area contributed by atoms with E-state index in [4.69, 9.17) is 23.2 Å². The van der Waals surface area contributed by atoms with Gasteiger partial charge >= 0.3 is 0 Å². The Kier molecular flexibility index (Phi) is 7.87. The highest BCUT2D eigenvalue weighted by atomic mass is 35.5. The van der Waals surface area contributed by atoms with Crippen LogP contribution in [0.3, 0.4) is 0 Å². The number of nitrogens with one attached hydrogen (secondary N) is 1. The van der Waals surface area contributed by atoms with Crippen molar-refractivity contribution in [1.29, 1.82) is 0 Å². The second kappa shape index (κ2) is 10.6. The third kappa shape index (κ3) is 6.31. The first kappa shape index (κ1) is 25.2. The van der Waals surface area contributed by atoms with E-state index >= 15 is 0 Å². The summed E-state index contributed by atoms with van der Waals surface area (Å²) in [5, 5.41) is 15.3. The average Bonchev–Trinajstić information content (AvgIpc) is 2.79. The number of anilines is 1. The Morgan fingerprint density at radius 3 is 2.38 bits per heavy atom. The summed E-state index contributed by atoms with van der Waals surface area (Å²) < 4.78 is 25.9. The molecule has 0 atom stereocenters. The van der Waals surface area contributed by atoms with Crippen LogP contribution in [0.1, 0.15) is 21.5 Å². The zero-order chi connectivity index (χ0) is 24.9. The van der Waals surface area contributed by atoms with Gasteiger partial charge in [0.1, 0.15) is 0 Å². The van der Waals surface area contributed by atoms with Crippen LogP contribution in [0, 0.1) is 10.1 Å². The van der Waals surface area contributed by atoms with Gasteiger partial charge in [0, 0.05) is 33.3 Å². The maximum atomic E-state index is 12.4. The highest BCUT2D eigenvalue weighted by molar-refractivity contribution is 7.92. The number of halogens is 2. The van der Waals surface area contributed by atoms with Crippen LogP contribution in [0.2, 0.25) is 10.0 Å². The number of non-ortho nitro benzene ring substituents is 1. The van der Waals surface area contributed by atoms with Crippen molar-refractivity contribution < 1.29 is 18.1 Å². The van der Waals surface area contributed by atoms with Gasteiger partial charge in [-0.05, 0) is 42.0 Å². The Balaban J connectivity index is 1.74. The number of sulfonamides is 1. The molecule has 0 aliphatic rings. The molecule has 0 bridgehead atoms. The van der Waals surface area contributed by atoms with Crippen molar-refractivity contribution in [2.45, 2.75) is 6.54 Å². The molecule has 1 N–H and O–H groups in total. The lowest BCUT2D eigenvalue weighted by molar-refractivity contribution is -0.384. The minimum absolute atomic E-state index is 0.0261. The van der Waals surface area contributed by atoms with Gasteiger partial charge < -0.3 is 0 Å². The fourth-order valence-electron chi connectivity index (χ4n) is 2.93. The number of carbonyl (C=O) groups excluding carboxylic acids is 1. The minimum Gasteiger partial charge on any atom is -0.267 e. The van der Waals surface area contributed by atoms with E-state index in [1.807, 2.05) is 0 Å². The second-order valence-electron chi connectivity index (χ2n) is 7.07. The van der Waals surface area contributed by atoms with Crippen LogP contribution in [0.25, 0.3) is 0 Å². The number of hydrogen-bond acceptors (Lipinski definition) is 6. The fraction of sp³-hybridized carbons (Fsp3) is 0.0909. The van der Waals surface area contributed by atoms with Crippen molar-refractivity contribution >= 4 is 56.7 Å². The molecule has 0 heterocycles. The number of nitro benzene ring substituents is 1. The lowest BCUT2D eigenvalue weighted by Gasteiger charge is -2.23. The fourth-order valence-corrected chi connectivity index (χ4v) is 4.17. The number of benzene rings is 3. The molecule has 0 saturated heterocycles. The Labute approximate surface area is 205 Å². The number of hydrazone groups is 1. The smallest absolute Gasteiger partial charge is 0.267 e. The first-order valence-corrected chi connectivity index (χ1v) is 12.2. The molecule has 1 amide bonds. The maximum Gasteiger partial charge on any atom is 0.271 e. The number of hydrogen-bond donors (Lipinski definition) is 1. The molecule has 9 nitrogen and oxygen atoms in total. The molecule has 0 fully saturated rings. The largest absolute Gasteiger partial charge is 0.271 e. The molecule has 0 aliphatic carbocycles. The Morgan fingerprint density at radius 1 is 1.09 bits per heavy atom. The molecule has 176 valence electrons. The highest BCUT2D eigenvalue weighted by Gasteiger charge is 2.19. The first-order valence-electron chi connectivity index (χ1n) is 9.65. The summed E-state index contributed by atoms with van der Waals surface area (Å²) >= 11 is 12.2. The number of amides is 1. The summed E-state index contributed by atoms with van der Waals surface area (Å²) in [6, 6.07) is 16.6. The summed E-state index contributed by atoms with van der Waals surface area (Å²) in [6.45, 7) is 0.0261. The number of carbonyl (C=O) groups is 1. The predicted octanol–water partition coefficient (Wildman–Crippen LogP) is 4.63. The molecule has 0 unspecified atom stereocenters. The van der Waals surface area contributed by atoms with E-state index in [1.54, 1.807) is 24.3 Å². The van der Waals surface area contributed by atoms with Crippen LogP contribution in [0.5, 0.6) is 0 Å². The first-order chi connectivity index (χ1) is 16.1. The average molecular weight is 521 g/mol. The minimum atomic E-state index is -3.63. The number of nitrogens with zero attached hydrogens (tertiary/aromatic N) is 3. The summed E-state index contributed by atoms with van der Waals surface area (Å²) in [5.41, 5.74) is 3.60. The van der Waals surface area contributed by atoms with Crippen molar-refractivity contribution in [2.24, 2.45) is 5.10 Å². The molecular weight excluding hydrogens is 503 g/mol. The van der Waals surface area contributed by atoms with Gasteiger partial charge in [0.25, 0.3) is 11.6 Å². The summed E-state index contributed by atoms with van der Waals surface area (Å²) in [6.07, 6.45) is 2.27. The van der Waals surface area contributed by atoms with E-state index in [1.165, 1.54) is 53.0 Å². The van der Waals surface area contributed by atoms with Gasteiger partial charge in [-0.25, -0.2) is 13.8 Å². The standard InChI is InChI=1S/C22H18Cl2N4O5S/c1-34(32,33)27(14-16-4-2-3-5-20(16)23)18-8-6-15(7-9-18)22(29)26-25-13-17-12-19(28(30)31)10-11-21(17)24/h2-13H,14H2,1H3,(H,26,29)/b25-13-. The lowest BCUT2D eigenvalue weighted by atomic mass is 10.2. The van der Waals surface area contributed by atoms with E-state index in [-0.39, 0.29) is 28.4 Å². The van der Waals surface area contributed by atoms with Crippen LogP contribution in [0.15, 0.2) is 71.8 Å². The van der Waals surface area contributed by atoms with Crippen molar-refractivity contribution in [3.8, 4) is 0 Å². The third-order valence-electron chi connectivity index (χ3n) is 4.65. The molecule has 0 aliphatic heterocycles. The van der Waals surface area contributed by atoms with Crippen LogP contribution in [-0.4, -0.2) is 31.7 Å². The van der Waals surface area contributed by atoms with Gasteiger partial charge in [0.2, 0.25) is 10.0 Å². The molecule has 3 rings (SSSR count). The van der Waals surface area contributed by atoms with Crippen molar-refractivity contribution in [1.82, 2.24) is 5.43 Å². The van der Waals surface area contributed by atoms with Gasteiger partial charge in [0.05, 0.1) is 29.6 Å². The van der Waals surface area contributed by atoms with Gasteiger partial charge in [-0.15, -0.1) is 0 Å². The van der Waals surface area contributed by atoms with Crippen molar-refractivity contribution in [2.75, 3.05) is 10.6 Å². The molecule has 0 spiro atoms. The number of rotatable bonds is 8. The Bertz CT molecular complexity index is 1360. The summed E-state index contributed by atoms with van der Waals surface area (Å²) in [4.78, 5) is 22.7. The normalized spacial score (nSPS) is 11.4. The molecule has 0 radical (unpaired) electrons. The maximum absolute atomic E-state index is 12.4. The molecule has 0 saturated carbocycles. The van der Waals surface area contributed by atoms with Gasteiger partial charge in [-0.3, -0.25) is 19.2 Å². The molecule has 0 aromatic heterocycles. The van der Waals surface area contributed by atoms with E-state index in [9.17, 15) is 23.3 Å². The molecule has 12 heteroatoms. The van der Waals surface area contributed by atoms with E-state index in [0.29, 0.717) is 16.3 Å². The topological polar surface area (TPSA) is 122 Å². The van der Waals surface area contributed by atoms with Crippen LogP contribution in [0.4, 0.5) is 11.4 Å². The predicted molar refractivity (Wildman–Crippen MR) is 132 cm³/mol. The Hall–Kier alpha value is -3.47. The molecular formula is C22H18Cl2N4O5S. The summed E-state index contributed by atoms with van der Waals surface area (Å²) in [7, 11) is -3.63. The van der Waals surface area contributed by atoms with Crippen LogP contribution < -0.4 is 9.73 Å². The second-order valence-corrected chi connectivity index (χ2v) is 9.79. The zero-order valence-electron chi connectivity index (χ0n) is 17.7.